The van der Waals surface area contributed by atoms with Crippen LogP contribution in [0.1, 0.15) is 28.8 Å². The number of carbonyl (C=O) groups is 1. The van der Waals surface area contributed by atoms with E-state index < -0.39 is 5.60 Å². The molecule has 0 unspecified atom stereocenters. The molecular formula is C19H22FN3O2. The van der Waals surface area contributed by atoms with E-state index in [1.165, 1.54) is 12.1 Å². The van der Waals surface area contributed by atoms with Crippen molar-refractivity contribution in [1.82, 2.24) is 15.2 Å². The summed E-state index contributed by atoms with van der Waals surface area (Å²) in [6, 6.07) is 9.43. The maximum absolute atomic E-state index is 13.0. The van der Waals surface area contributed by atoms with Crippen molar-refractivity contribution < 1.29 is 14.3 Å². The van der Waals surface area contributed by atoms with Gasteiger partial charge in [-0.2, -0.15) is 0 Å². The summed E-state index contributed by atoms with van der Waals surface area (Å²) in [5.74, 6) is -0.406. The number of likely N-dealkylation sites (tertiary alicyclic amines) is 1. The summed E-state index contributed by atoms with van der Waals surface area (Å²) < 4.78 is 13.0. The van der Waals surface area contributed by atoms with Gasteiger partial charge in [0.15, 0.2) is 0 Å². The number of nitrogens with one attached hydrogen (secondary N) is 1. The monoisotopic (exact) mass is 343 g/mol. The second kappa shape index (κ2) is 7.72. The summed E-state index contributed by atoms with van der Waals surface area (Å²) in [6.07, 6.45) is 4.37. The van der Waals surface area contributed by atoms with Crippen LogP contribution in [0.25, 0.3) is 0 Å². The molecule has 2 N–H and O–H groups in total. The van der Waals surface area contributed by atoms with E-state index in [0.29, 0.717) is 24.9 Å². The molecule has 0 saturated carbocycles. The van der Waals surface area contributed by atoms with E-state index >= 15 is 0 Å². The van der Waals surface area contributed by atoms with Crippen LogP contribution in [0.15, 0.2) is 48.8 Å². The lowest BCUT2D eigenvalue weighted by Crippen LogP contribution is -2.45. The minimum Gasteiger partial charge on any atom is -0.385 e. The number of carbonyl (C=O) groups excluding carboxylic acids is 1. The number of halogens is 1. The first kappa shape index (κ1) is 17.5. The van der Waals surface area contributed by atoms with Gasteiger partial charge in [0.05, 0.1) is 5.60 Å². The van der Waals surface area contributed by atoms with Gasteiger partial charge in [-0.1, -0.05) is 12.1 Å². The van der Waals surface area contributed by atoms with Gasteiger partial charge >= 0.3 is 0 Å². The second-order valence-electron chi connectivity index (χ2n) is 6.37. The summed E-state index contributed by atoms with van der Waals surface area (Å²) in [7, 11) is 0. The molecule has 0 atom stereocenters. The van der Waals surface area contributed by atoms with Crippen LogP contribution < -0.4 is 5.32 Å². The third-order valence-electron chi connectivity index (χ3n) is 4.72. The maximum Gasteiger partial charge on any atom is 0.251 e. The molecule has 132 valence electrons. The fourth-order valence-electron chi connectivity index (χ4n) is 3.13. The number of hydrogen-bond acceptors (Lipinski definition) is 4. The first-order chi connectivity index (χ1) is 12.1. The highest BCUT2D eigenvalue weighted by Crippen LogP contribution is 2.32. The molecule has 1 aromatic carbocycles. The van der Waals surface area contributed by atoms with Gasteiger partial charge in [-0.3, -0.25) is 9.78 Å². The third-order valence-corrected chi connectivity index (χ3v) is 4.72. The highest BCUT2D eigenvalue weighted by molar-refractivity contribution is 5.93. The van der Waals surface area contributed by atoms with Crippen molar-refractivity contribution in [3.05, 3.63) is 65.7 Å². The van der Waals surface area contributed by atoms with Gasteiger partial charge in [0.2, 0.25) is 0 Å². The van der Waals surface area contributed by atoms with Gasteiger partial charge in [-0.05, 0) is 42.7 Å². The third kappa shape index (κ3) is 4.41. The van der Waals surface area contributed by atoms with E-state index in [-0.39, 0.29) is 11.7 Å². The zero-order valence-corrected chi connectivity index (χ0v) is 14.0. The molecule has 2 aromatic rings. The van der Waals surface area contributed by atoms with Crippen molar-refractivity contribution >= 4 is 5.91 Å². The van der Waals surface area contributed by atoms with Gasteiger partial charge in [-0.15, -0.1) is 0 Å². The number of pyridine rings is 1. The van der Waals surface area contributed by atoms with Crippen LogP contribution in [0.5, 0.6) is 0 Å². The van der Waals surface area contributed by atoms with Gasteiger partial charge < -0.3 is 15.3 Å². The molecule has 0 spiro atoms. The average molecular weight is 343 g/mol. The highest BCUT2D eigenvalue weighted by atomic mass is 19.1. The number of benzene rings is 1. The summed E-state index contributed by atoms with van der Waals surface area (Å²) in [4.78, 5) is 18.1. The number of aromatic nitrogens is 1. The first-order valence-corrected chi connectivity index (χ1v) is 8.46. The van der Waals surface area contributed by atoms with E-state index in [4.69, 9.17) is 0 Å². The molecule has 3 rings (SSSR count). The molecule has 2 heterocycles. The Balaban J connectivity index is 1.45. The zero-order valence-electron chi connectivity index (χ0n) is 14.0. The SMILES string of the molecule is O=C(NCCN1CCC(O)(c2ccc(F)cc2)CC1)c1ccncc1. The number of rotatable bonds is 5. The Labute approximate surface area is 146 Å². The molecule has 1 aliphatic heterocycles. The Bertz CT molecular complexity index is 698. The van der Waals surface area contributed by atoms with Gasteiger partial charge in [0.1, 0.15) is 5.82 Å². The van der Waals surface area contributed by atoms with Crippen molar-refractivity contribution in [2.24, 2.45) is 0 Å². The molecule has 0 aliphatic carbocycles. The predicted octanol–water partition coefficient (Wildman–Crippen LogP) is 1.93. The first-order valence-electron chi connectivity index (χ1n) is 8.46. The lowest BCUT2D eigenvalue weighted by molar-refractivity contribution is -0.0255. The van der Waals surface area contributed by atoms with E-state index in [2.05, 4.69) is 15.2 Å². The van der Waals surface area contributed by atoms with Crippen molar-refractivity contribution in [1.29, 1.82) is 0 Å². The van der Waals surface area contributed by atoms with E-state index in [9.17, 15) is 14.3 Å². The molecule has 5 nitrogen and oxygen atoms in total. The Morgan fingerprint density at radius 2 is 1.80 bits per heavy atom. The molecule has 1 fully saturated rings. The van der Waals surface area contributed by atoms with Crippen LogP contribution in [0, 0.1) is 5.82 Å². The molecule has 1 aromatic heterocycles. The number of piperidine rings is 1. The lowest BCUT2D eigenvalue weighted by atomic mass is 9.84. The lowest BCUT2D eigenvalue weighted by Gasteiger charge is -2.38. The number of amides is 1. The van der Waals surface area contributed by atoms with Crippen LogP contribution in [0.2, 0.25) is 0 Å². The number of hydrogen-bond donors (Lipinski definition) is 2. The second-order valence-corrected chi connectivity index (χ2v) is 6.37. The summed E-state index contributed by atoms with van der Waals surface area (Å²) in [6.45, 7) is 2.75. The van der Waals surface area contributed by atoms with E-state index in [0.717, 1.165) is 25.2 Å². The molecular weight excluding hydrogens is 321 g/mol. The molecule has 1 amide bonds. The molecule has 0 radical (unpaired) electrons. The Morgan fingerprint density at radius 3 is 2.44 bits per heavy atom. The van der Waals surface area contributed by atoms with Crippen molar-refractivity contribution in [3.8, 4) is 0 Å². The number of nitrogens with zero attached hydrogens (tertiary/aromatic N) is 2. The molecule has 25 heavy (non-hydrogen) atoms. The summed E-state index contributed by atoms with van der Waals surface area (Å²) in [5.41, 5.74) is 0.462. The quantitative estimate of drug-likeness (QED) is 0.871. The zero-order chi connectivity index (χ0) is 17.7. The largest absolute Gasteiger partial charge is 0.385 e. The predicted molar refractivity (Wildman–Crippen MR) is 92.5 cm³/mol. The van der Waals surface area contributed by atoms with Gasteiger partial charge in [0.25, 0.3) is 5.91 Å². The minimum absolute atomic E-state index is 0.109. The van der Waals surface area contributed by atoms with E-state index in [1.54, 1.807) is 36.7 Å². The highest BCUT2D eigenvalue weighted by Gasteiger charge is 2.33. The van der Waals surface area contributed by atoms with Crippen LogP contribution in [0.4, 0.5) is 4.39 Å². The van der Waals surface area contributed by atoms with Crippen LogP contribution in [0.3, 0.4) is 0 Å². The summed E-state index contributed by atoms with van der Waals surface area (Å²) in [5, 5.41) is 13.7. The van der Waals surface area contributed by atoms with Crippen molar-refractivity contribution in [2.45, 2.75) is 18.4 Å². The van der Waals surface area contributed by atoms with Crippen molar-refractivity contribution in [2.75, 3.05) is 26.2 Å². The molecule has 0 bridgehead atoms. The Hall–Kier alpha value is -2.31. The normalized spacial score (nSPS) is 17.2. The van der Waals surface area contributed by atoms with Crippen molar-refractivity contribution in [3.63, 3.8) is 0 Å². The molecule has 1 saturated heterocycles. The fraction of sp³-hybridized carbons (Fsp3) is 0.368. The molecule has 1 aliphatic rings. The molecule has 6 heteroatoms. The smallest absolute Gasteiger partial charge is 0.251 e. The fourth-order valence-corrected chi connectivity index (χ4v) is 3.13. The Morgan fingerprint density at radius 1 is 1.16 bits per heavy atom. The maximum atomic E-state index is 13.0. The summed E-state index contributed by atoms with van der Waals surface area (Å²) >= 11 is 0. The average Bonchev–Trinajstić information content (AvgIpc) is 2.64. The van der Waals surface area contributed by atoms with Crippen LogP contribution in [-0.4, -0.2) is 47.1 Å². The van der Waals surface area contributed by atoms with Crippen LogP contribution in [-0.2, 0) is 5.60 Å². The minimum atomic E-state index is -0.898. The Kier molecular flexibility index (Phi) is 5.40. The standard InChI is InChI=1S/C19H22FN3O2/c20-17-3-1-16(2-4-17)19(25)7-12-23(13-8-19)14-11-22-18(24)15-5-9-21-10-6-15/h1-6,9-10,25H,7-8,11-14H2,(H,22,24). The van der Waals surface area contributed by atoms with Crippen LogP contribution >= 0.6 is 0 Å². The van der Waals surface area contributed by atoms with Gasteiger partial charge in [0, 0.05) is 44.1 Å². The topological polar surface area (TPSA) is 65.5 Å². The van der Waals surface area contributed by atoms with Gasteiger partial charge in [-0.25, -0.2) is 4.39 Å². The van der Waals surface area contributed by atoms with E-state index in [1.807, 2.05) is 0 Å². The number of aliphatic hydroxyl groups is 1.